The molecule has 2 aromatic heterocycles. The van der Waals surface area contributed by atoms with Crippen LogP contribution in [0.1, 0.15) is 39.2 Å². The molecule has 42 heavy (non-hydrogen) atoms. The van der Waals surface area contributed by atoms with E-state index in [1.807, 2.05) is 12.1 Å². The third-order valence-corrected chi connectivity index (χ3v) is 11.8. The van der Waals surface area contributed by atoms with E-state index in [2.05, 4.69) is 126 Å². The first-order valence-corrected chi connectivity index (χ1v) is 23.3. The Morgan fingerprint density at radius 2 is 0.833 bits per heavy atom. The fourth-order valence-corrected chi connectivity index (χ4v) is 10.8. The van der Waals surface area contributed by atoms with Gasteiger partial charge >= 0.3 is 37.9 Å². The molecule has 210 valence electrons. The van der Waals surface area contributed by atoms with Gasteiger partial charge in [-0.3, -0.25) is 0 Å². The third kappa shape index (κ3) is 6.39. The Bertz CT molecular complexity index is 1310. The van der Waals surface area contributed by atoms with Crippen molar-refractivity contribution < 1.29 is 29.7 Å². The first-order valence-electron chi connectivity index (χ1n) is 14.0. The van der Waals surface area contributed by atoms with Crippen LogP contribution in [0.2, 0.25) is 13.1 Å². The number of benzene rings is 2. The summed E-state index contributed by atoms with van der Waals surface area (Å²) in [7, 11) is 7.65. The zero-order chi connectivity index (χ0) is 30.0. The number of halogens is 2. The summed E-state index contributed by atoms with van der Waals surface area (Å²) in [6.07, 6.45) is 4.66. The molecule has 2 aromatic carbocycles. The second-order valence-corrected chi connectivity index (χ2v) is 19.3. The van der Waals surface area contributed by atoms with Crippen LogP contribution >= 0.6 is 17.0 Å². The summed E-state index contributed by atoms with van der Waals surface area (Å²) in [4.78, 5) is 0. The summed E-state index contributed by atoms with van der Waals surface area (Å²) in [6.45, 7) is 13.9. The Morgan fingerprint density at radius 1 is 0.500 bits per heavy atom. The summed E-state index contributed by atoms with van der Waals surface area (Å²) in [5, 5.41) is 0. The van der Waals surface area contributed by atoms with Gasteiger partial charge in [0.05, 0.1) is 19.9 Å². The standard InChI is InChI=1S/C36H34O2Si.2ClH.Zr/c1-23-21-25(3)35(33(23)31-19-17-29(37-31)27-13-9-7-10-14-27)39(5,6)36-26(4)22-24(2)34(36)32-20-18-30(38-32)28-15-11-8-12-16-28;;;/h7-22H,1-6H3;2*1H;/q;;;+4/p-2. The number of rotatable bonds is 6. The van der Waals surface area contributed by atoms with Gasteiger partial charge in [-0.15, -0.1) is 0 Å². The molecule has 0 N–H and O–H groups in total. The van der Waals surface area contributed by atoms with Crippen molar-refractivity contribution in [3.8, 4) is 22.6 Å². The van der Waals surface area contributed by atoms with Gasteiger partial charge in [0.1, 0.15) is 23.0 Å². The molecule has 2 saturated carbocycles. The molecule has 6 heteroatoms. The molecule has 6 rings (SSSR count). The Kier molecular flexibility index (Phi) is 10.5. The monoisotopic (exact) mass is 686 g/mol. The van der Waals surface area contributed by atoms with Crippen LogP contribution < -0.4 is 0 Å². The van der Waals surface area contributed by atoms with E-state index in [9.17, 15) is 0 Å². The van der Waals surface area contributed by atoms with Crippen molar-refractivity contribution in [2.75, 3.05) is 0 Å². The number of hydrogen-bond donors (Lipinski definition) is 0. The molecule has 2 nitrogen and oxygen atoms in total. The van der Waals surface area contributed by atoms with Crippen LogP contribution in [-0.4, -0.2) is 8.07 Å². The van der Waals surface area contributed by atoms with Crippen LogP contribution in [0.4, 0.5) is 0 Å². The maximum absolute atomic E-state index is 6.53. The number of furan rings is 2. The predicted octanol–water partition coefficient (Wildman–Crippen LogP) is 10.9. The molecule has 2 fully saturated rings. The van der Waals surface area contributed by atoms with Crippen LogP contribution in [-0.2, 0) is 20.8 Å². The molecule has 0 spiro atoms. The first kappa shape index (κ1) is 32.1. The van der Waals surface area contributed by atoms with Gasteiger partial charge in [0.25, 0.3) is 0 Å². The van der Waals surface area contributed by atoms with Crippen molar-refractivity contribution in [1.29, 1.82) is 0 Å². The van der Waals surface area contributed by atoms with Crippen molar-refractivity contribution in [1.82, 2.24) is 0 Å². The molecule has 2 aliphatic rings. The summed E-state index contributed by atoms with van der Waals surface area (Å²) >= 11 is -0.826. The third-order valence-electron chi connectivity index (χ3n) is 8.01. The molecule has 0 saturated heterocycles. The Balaban J connectivity index is 0.00000113. The molecular weight excluding hydrogens is 655 g/mol. The van der Waals surface area contributed by atoms with Crippen LogP contribution in [0.15, 0.2) is 93.8 Å². The Morgan fingerprint density at radius 3 is 1.19 bits per heavy atom. The number of hydrogen-bond acceptors (Lipinski definition) is 2. The van der Waals surface area contributed by atoms with E-state index in [-0.39, 0.29) is 0 Å². The fourth-order valence-electron chi connectivity index (χ4n) is 6.56. The first-order chi connectivity index (χ1) is 20.2. The van der Waals surface area contributed by atoms with Gasteiger partial charge in [0.2, 0.25) is 0 Å². The Hall–Kier alpha value is -1.32. The summed E-state index contributed by atoms with van der Waals surface area (Å²) in [6, 6.07) is 29.2. The van der Waals surface area contributed by atoms with Gasteiger partial charge in [-0.1, -0.05) is 101 Å². The van der Waals surface area contributed by atoms with E-state index >= 15 is 0 Å². The SMILES string of the molecule is C[C]1[CH][C](C)[C]([Si](C)(C)[C]2[C](C)[CH][C](C)[C]2c2ccc(-c3ccccc3)o2)[C]1c1ccc(-c2ccccc2)o1.[Cl][Zr+2][Cl]. The van der Waals surface area contributed by atoms with Crippen LogP contribution in [0.5, 0.6) is 0 Å². The quantitative estimate of drug-likeness (QED) is 0.189. The molecule has 0 amide bonds. The summed E-state index contributed by atoms with van der Waals surface area (Å²) < 4.78 is 13.1. The minimum atomic E-state index is -2.22. The van der Waals surface area contributed by atoms with Crippen molar-refractivity contribution in [3.05, 3.63) is 156 Å². The van der Waals surface area contributed by atoms with Gasteiger partial charge in [-0.2, -0.15) is 0 Å². The molecule has 2 heterocycles. The van der Waals surface area contributed by atoms with E-state index in [0.717, 1.165) is 34.2 Å². The second kappa shape index (κ2) is 13.8. The summed E-state index contributed by atoms with van der Waals surface area (Å²) in [5.74, 6) is 11.4. The van der Waals surface area contributed by atoms with Crippen LogP contribution in [0, 0.1) is 59.4 Å². The zero-order valence-corrected chi connectivity index (χ0v) is 29.8. The van der Waals surface area contributed by atoms with E-state index in [4.69, 9.17) is 25.9 Å². The zero-order valence-electron chi connectivity index (χ0n) is 24.8. The molecule has 2 aliphatic carbocycles. The van der Waals surface area contributed by atoms with E-state index < -0.39 is 28.9 Å². The van der Waals surface area contributed by atoms with E-state index in [0.29, 0.717) is 0 Å². The van der Waals surface area contributed by atoms with Crippen molar-refractivity contribution >= 4 is 25.1 Å². The summed E-state index contributed by atoms with van der Waals surface area (Å²) in [5.41, 5.74) is 5.08. The Labute approximate surface area is 272 Å². The topological polar surface area (TPSA) is 26.3 Å². The van der Waals surface area contributed by atoms with Gasteiger partial charge < -0.3 is 8.83 Å². The van der Waals surface area contributed by atoms with Crippen LogP contribution in [0.25, 0.3) is 22.6 Å². The van der Waals surface area contributed by atoms with Crippen molar-refractivity contribution in [2.45, 2.75) is 40.8 Å². The average Bonchev–Trinajstić information content (AvgIpc) is 3.75. The van der Waals surface area contributed by atoms with Crippen molar-refractivity contribution in [2.24, 2.45) is 0 Å². The molecule has 0 unspecified atom stereocenters. The minimum absolute atomic E-state index is 0.826. The van der Waals surface area contributed by atoms with E-state index in [1.54, 1.807) is 0 Å². The van der Waals surface area contributed by atoms with Crippen LogP contribution in [0.3, 0.4) is 0 Å². The van der Waals surface area contributed by atoms with Gasteiger partial charge in [-0.25, -0.2) is 0 Å². The normalized spacial score (nSPS) is 18.9. The van der Waals surface area contributed by atoms with E-state index in [1.165, 1.54) is 46.6 Å². The van der Waals surface area contributed by atoms with Crippen molar-refractivity contribution in [3.63, 3.8) is 0 Å². The molecular formula is C36H34Cl2O2SiZr+2. The predicted molar refractivity (Wildman–Crippen MR) is 173 cm³/mol. The fraction of sp³-hybridized carbons (Fsp3) is 0.167. The molecule has 10 radical (unpaired) electrons. The molecule has 0 atom stereocenters. The molecule has 4 aromatic rings. The van der Waals surface area contributed by atoms with Gasteiger partial charge in [0, 0.05) is 11.1 Å². The van der Waals surface area contributed by atoms with Gasteiger partial charge in [0.15, 0.2) is 0 Å². The average molecular weight is 689 g/mol. The maximum atomic E-state index is 6.53. The molecule has 0 aliphatic heterocycles. The van der Waals surface area contributed by atoms with Gasteiger partial charge in [-0.05, 0) is 71.9 Å². The molecule has 0 bridgehead atoms. The second-order valence-electron chi connectivity index (χ2n) is 11.3.